The number of piperidine rings is 1. The van der Waals surface area contributed by atoms with Gasteiger partial charge in [-0.15, -0.1) is 0 Å². The number of carbonyl (C=O) groups is 1. The Bertz CT molecular complexity index is 668. The molecular formula is C22H31FN2O2. The number of amides is 1. The molecule has 2 heterocycles. The molecule has 5 heteroatoms. The van der Waals surface area contributed by atoms with Crippen molar-refractivity contribution in [1.29, 1.82) is 0 Å². The molecule has 27 heavy (non-hydrogen) atoms. The van der Waals surface area contributed by atoms with Gasteiger partial charge in [-0.25, -0.2) is 4.39 Å². The lowest BCUT2D eigenvalue weighted by molar-refractivity contribution is -0.128. The molecule has 0 bridgehead atoms. The highest BCUT2D eigenvalue weighted by molar-refractivity contribution is 5.73. The molecule has 0 radical (unpaired) electrons. The fraction of sp³-hybridized carbons (Fsp3) is 0.682. The van der Waals surface area contributed by atoms with Crippen molar-refractivity contribution in [2.75, 3.05) is 39.4 Å². The Kier molecular flexibility index (Phi) is 5.51. The summed E-state index contributed by atoms with van der Waals surface area (Å²) < 4.78 is 20.0. The second-order valence-electron chi connectivity index (χ2n) is 8.81. The Balaban J connectivity index is 1.37. The number of rotatable bonds is 6. The molecule has 3 fully saturated rings. The van der Waals surface area contributed by atoms with Gasteiger partial charge in [0.25, 0.3) is 0 Å². The Morgan fingerprint density at radius 1 is 1.22 bits per heavy atom. The van der Waals surface area contributed by atoms with E-state index in [4.69, 9.17) is 4.74 Å². The van der Waals surface area contributed by atoms with Crippen LogP contribution < -0.4 is 0 Å². The summed E-state index contributed by atoms with van der Waals surface area (Å²) >= 11 is 0. The van der Waals surface area contributed by atoms with Crippen molar-refractivity contribution in [3.63, 3.8) is 0 Å². The van der Waals surface area contributed by atoms with Crippen LogP contribution in [-0.2, 0) is 16.1 Å². The number of nitrogens with zero attached hydrogens (tertiary/aromatic N) is 2. The van der Waals surface area contributed by atoms with Crippen LogP contribution in [0, 0.1) is 23.1 Å². The lowest BCUT2D eigenvalue weighted by Crippen LogP contribution is -2.45. The molecule has 1 spiro atoms. The number of hydrogen-bond donors (Lipinski definition) is 0. The van der Waals surface area contributed by atoms with Crippen LogP contribution in [0.25, 0.3) is 0 Å². The van der Waals surface area contributed by atoms with E-state index in [2.05, 4.69) is 4.90 Å². The summed E-state index contributed by atoms with van der Waals surface area (Å²) in [7, 11) is 0. The van der Waals surface area contributed by atoms with Gasteiger partial charge in [-0.3, -0.25) is 9.69 Å². The van der Waals surface area contributed by atoms with Gasteiger partial charge in [-0.05, 0) is 56.2 Å². The average Bonchev–Trinajstić information content (AvgIpc) is 3.41. The van der Waals surface area contributed by atoms with Crippen molar-refractivity contribution in [2.24, 2.45) is 17.3 Å². The minimum atomic E-state index is -0.118. The van der Waals surface area contributed by atoms with E-state index in [1.54, 1.807) is 13.0 Å². The van der Waals surface area contributed by atoms with Gasteiger partial charge in [-0.2, -0.15) is 0 Å². The lowest BCUT2D eigenvalue weighted by Gasteiger charge is -2.42. The van der Waals surface area contributed by atoms with E-state index in [1.807, 2.05) is 17.0 Å². The van der Waals surface area contributed by atoms with Gasteiger partial charge in [0.2, 0.25) is 5.91 Å². The normalized spacial score (nSPS) is 25.3. The highest BCUT2D eigenvalue weighted by Crippen LogP contribution is 2.45. The first-order valence-electron chi connectivity index (χ1n) is 10.3. The third kappa shape index (κ3) is 4.35. The highest BCUT2D eigenvalue weighted by atomic mass is 19.1. The van der Waals surface area contributed by atoms with Crippen molar-refractivity contribution in [3.8, 4) is 0 Å². The van der Waals surface area contributed by atoms with Crippen LogP contribution in [0.4, 0.5) is 4.39 Å². The molecule has 0 N–H and O–H groups in total. The number of hydrogen-bond acceptors (Lipinski definition) is 3. The Morgan fingerprint density at radius 2 is 1.96 bits per heavy atom. The highest BCUT2D eigenvalue weighted by Gasteiger charge is 2.48. The van der Waals surface area contributed by atoms with E-state index in [1.165, 1.54) is 18.9 Å². The zero-order valence-electron chi connectivity index (χ0n) is 16.3. The zero-order valence-corrected chi connectivity index (χ0v) is 16.3. The Labute approximate surface area is 161 Å². The minimum Gasteiger partial charge on any atom is -0.381 e. The number of benzene rings is 1. The maximum Gasteiger partial charge on any atom is 0.219 e. The van der Waals surface area contributed by atoms with Crippen molar-refractivity contribution in [2.45, 2.75) is 39.2 Å². The molecule has 2 saturated heterocycles. The fourth-order valence-electron chi connectivity index (χ4n) is 4.75. The van der Waals surface area contributed by atoms with E-state index < -0.39 is 0 Å². The van der Waals surface area contributed by atoms with E-state index in [0.717, 1.165) is 63.7 Å². The number of likely N-dealkylation sites (tertiary alicyclic amines) is 2. The number of halogens is 1. The molecule has 3 aliphatic rings. The maximum absolute atomic E-state index is 14.0. The summed E-state index contributed by atoms with van der Waals surface area (Å²) in [4.78, 5) is 16.3. The first kappa shape index (κ1) is 18.9. The predicted octanol–water partition coefficient (Wildman–Crippen LogP) is 3.31. The van der Waals surface area contributed by atoms with Crippen LogP contribution in [0.2, 0.25) is 0 Å². The van der Waals surface area contributed by atoms with Crippen LogP contribution >= 0.6 is 0 Å². The third-order valence-electron chi connectivity index (χ3n) is 6.83. The molecule has 4 rings (SSSR count). The second-order valence-corrected chi connectivity index (χ2v) is 8.81. The SMILES string of the molecule is CC(=O)N1C[C@H](COCC2CC2)C2(CCN(Cc3ccccc3F)CC2)C1. The predicted molar refractivity (Wildman–Crippen MR) is 103 cm³/mol. The average molecular weight is 375 g/mol. The van der Waals surface area contributed by atoms with Crippen LogP contribution in [-0.4, -0.2) is 55.1 Å². The molecule has 4 nitrogen and oxygen atoms in total. The number of carbonyl (C=O) groups excluding carboxylic acids is 1. The molecule has 0 unspecified atom stereocenters. The van der Waals surface area contributed by atoms with Gasteiger partial charge >= 0.3 is 0 Å². The van der Waals surface area contributed by atoms with E-state index in [9.17, 15) is 9.18 Å². The van der Waals surface area contributed by atoms with E-state index >= 15 is 0 Å². The van der Waals surface area contributed by atoms with Crippen LogP contribution in [0.15, 0.2) is 24.3 Å². The number of ether oxygens (including phenoxy) is 1. The summed E-state index contributed by atoms with van der Waals surface area (Å²) in [5.41, 5.74) is 0.940. The molecule has 1 aromatic rings. The zero-order chi connectivity index (χ0) is 18.9. The van der Waals surface area contributed by atoms with Gasteiger partial charge in [0.05, 0.1) is 6.61 Å². The molecule has 0 aromatic heterocycles. The van der Waals surface area contributed by atoms with Crippen molar-refractivity contribution in [3.05, 3.63) is 35.6 Å². The Morgan fingerprint density at radius 3 is 2.63 bits per heavy atom. The smallest absolute Gasteiger partial charge is 0.219 e. The van der Waals surface area contributed by atoms with Gasteiger partial charge in [0.1, 0.15) is 5.82 Å². The Hall–Kier alpha value is -1.46. The van der Waals surface area contributed by atoms with Gasteiger partial charge < -0.3 is 9.64 Å². The quantitative estimate of drug-likeness (QED) is 0.766. The lowest BCUT2D eigenvalue weighted by atomic mass is 9.71. The van der Waals surface area contributed by atoms with Crippen LogP contribution in [0.1, 0.15) is 38.2 Å². The molecule has 148 valence electrons. The van der Waals surface area contributed by atoms with E-state index in [-0.39, 0.29) is 17.1 Å². The summed E-state index contributed by atoms with van der Waals surface area (Å²) in [6, 6.07) is 7.06. The molecule has 1 saturated carbocycles. The largest absolute Gasteiger partial charge is 0.381 e. The summed E-state index contributed by atoms with van der Waals surface area (Å²) in [6.07, 6.45) is 4.73. The minimum absolute atomic E-state index is 0.118. The monoisotopic (exact) mass is 374 g/mol. The first-order valence-corrected chi connectivity index (χ1v) is 10.3. The molecule has 1 aliphatic carbocycles. The van der Waals surface area contributed by atoms with Crippen molar-refractivity contribution in [1.82, 2.24) is 9.80 Å². The van der Waals surface area contributed by atoms with Crippen LogP contribution in [0.5, 0.6) is 0 Å². The standard InChI is InChI=1S/C22H31FN2O2/c1-17(26)25-13-20(15-27-14-18-6-7-18)22(16-25)8-10-24(11-9-22)12-19-4-2-3-5-21(19)23/h2-5,18,20H,6-16H2,1H3/t20-/m1/s1. The second kappa shape index (κ2) is 7.88. The van der Waals surface area contributed by atoms with Crippen molar-refractivity contribution < 1.29 is 13.9 Å². The molecular weight excluding hydrogens is 343 g/mol. The summed E-state index contributed by atoms with van der Waals surface area (Å²) in [5, 5.41) is 0. The summed E-state index contributed by atoms with van der Waals surface area (Å²) in [6.45, 7) is 7.59. The topological polar surface area (TPSA) is 32.8 Å². The third-order valence-corrected chi connectivity index (χ3v) is 6.83. The molecule has 2 aliphatic heterocycles. The van der Waals surface area contributed by atoms with Crippen LogP contribution in [0.3, 0.4) is 0 Å². The van der Waals surface area contributed by atoms with E-state index in [0.29, 0.717) is 12.5 Å². The van der Waals surface area contributed by atoms with Gasteiger partial charge in [0.15, 0.2) is 0 Å². The maximum atomic E-state index is 14.0. The molecule has 1 atom stereocenters. The first-order chi connectivity index (χ1) is 13.1. The molecule has 1 amide bonds. The molecule has 1 aromatic carbocycles. The summed E-state index contributed by atoms with van der Waals surface area (Å²) in [5.74, 6) is 1.25. The van der Waals surface area contributed by atoms with Crippen molar-refractivity contribution >= 4 is 5.91 Å². The fourth-order valence-corrected chi connectivity index (χ4v) is 4.75. The van der Waals surface area contributed by atoms with Gasteiger partial charge in [0, 0.05) is 44.6 Å². The van der Waals surface area contributed by atoms with Gasteiger partial charge in [-0.1, -0.05) is 18.2 Å².